The molecule has 6 heteroatoms. The van der Waals surface area contributed by atoms with Crippen LogP contribution in [0.5, 0.6) is 0 Å². The minimum absolute atomic E-state index is 0.279. The number of ether oxygens (including phenoxy) is 2. The Hall–Kier alpha value is -1.82. The maximum absolute atomic E-state index is 13.5. The van der Waals surface area contributed by atoms with Gasteiger partial charge in [-0.05, 0) is 59.2 Å². The molecule has 0 aliphatic carbocycles. The summed E-state index contributed by atoms with van der Waals surface area (Å²) < 4.78 is 24.0. The number of carbonyl (C=O) groups is 1. The van der Waals surface area contributed by atoms with Crippen molar-refractivity contribution in [2.45, 2.75) is 52.2 Å². The highest BCUT2D eigenvalue weighted by Crippen LogP contribution is 2.24. The van der Waals surface area contributed by atoms with Crippen molar-refractivity contribution in [3.63, 3.8) is 0 Å². The molecule has 23 heavy (non-hydrogen) atoms. The number of rotatable bonds is 6. The molecule has 0 heterocycles. The quantitative estimate of drug-likeness (QED) is 0.813. The smallest absolute Gasteiger partial charge is 0.412 e. The van der Waals surface area contributed by atoms with Crippen molar-refractivity contribution in [2.24, 2.45) is 0 Å². The van der Waals surface area contributed by atoms with E-state index in [2.05, 4.69) is 10.6 Å². The second-order valence-corrected chi connectivity index (χ2v) is 6.96. The Morgan fingerprint density at radius 3 is 2.39 bits per heavy atom. The monoisotopic (exact) mass is 326 g/mol. The highest BCUT2D eigenvalue weighted by molar-refractivity contribution is 5.89. The minimum Gasteiger partial charge on any atom is -0.444 e. The number of methoxy groups -OCH3 is 1. The summed E-state index contributed by atoms with van der Waals surface area (Å²) in [6.45, 7) is 9.86. The SMILES string of the molecule is COC(C)(C)CCNc1cc(F)ccc1NC(=O)OC(C)(C)C. The van der Waals surface area contributed by atoms with Gasteiger partial charge in [0.2, 0.25) is 0 Å². The molecule has 1 amide bonds. The van der Waals surface area contributed by atoms with E-state index in [-0.39, 0.29) is 11.4 Å². The van der Waals surface area contributed by atoms with Gasteiger partial charge in [0, 0.05) is 13.7 Å². The van der Waals surface area contributed by atoms with Crippen LogP contribution in [0.2, 0.25) is 0 Å². The lowest BCUT2D eigenvalue weighted by molar-refractivity contribution is 0.0185. The number of hydrogen-bond acceptors (Lipinski definition) is 4. The Kier molecular flexibility index (Phi) is 6.38. The van der Waals surface area contributed by atoms with E-state index in [1.54, 1.807) is 27.9 Å². The van der Waals surface area contributed by atoms with Gasteiger partial charge in [-0.1, -0.05) is 0 Å². The Balaban J connectivity index is 2.75. The van der Waals surface area contributed by atoms with E-state index in [0.29, 0.717) is 17.9 Å². The van der Waals surface area contributed by atoms with Crippen LogP contribution in [0.25, 0.3) is 0 Å². The van der Waals surface area contributed by atoms with Crippen LogP contribution in [0.3, 0.4) is 0 Å². The standard InChI is InChI=1S/C17H27FN2O3/c1-16(2,3)23-15(21)20-13-8-7-12(18)11-14(13)19-10-9-17(4,5)22-6/h7-8,11,19H,9-10H2,1-6H3,(H,20,21). The van der Waals surface area contributed by atoms with Gasteiger partial charge in [-0.2, -0.15) is 0 Å². The van der Waals surface area contributed by atoms with Gasteiger partial charge in [0.15, 0.2) is 0 Å². The molecule has 0 saturated carbocycles. The first-order chi connectivity index (χ1) is 10.5. The Morgan fingerprint density at radius 2 is 1.83 bits per heavy atom. The van der Waals surface area contributed by atoms with Gasteiger partial charge in [-0.3, -0.25) is 5.32 Å². The fourth-order valence-corrected chi connectivity index (χ4v) is 1.79. The molecule has 0 unspecified atom stereocenters. The summed E-state index contributed by atoms with van der Waals surface area (Å²) in [4.78, 5) is 11.9. The molecular formula is C17H27FN2O3. The zero-order valence-corrected chi connectivity index (χ0v) is 14.7. The fourth-order valence-electron chi connectivity index (χ4n) is 1.79. The molecule has 0 atom stereocenters. The predicted molar refractivity (Wildman–Crippen MR) is 90.5 cm³/mol. The van der Waals surface area contributed by atoms with Crippen LogP contribution in [0, 0.1) is 5.82 Å². The number of hydrogen-bond donors (Lipinski definition) is 2. The fraction of sp³-hybridized carbons (Fsp3) is 0.588. The number of benzene rings is 1. The molecule has 0 aliphatic rings. The van der Waals surface area contributed by atoms with Crippen LogP contribution in [0.1, 0.15) is 41.0 Å². The summed E-state index contributed by atoms with van der Waals surface area (Å²) in [6.07, 6.45) is 0.149. The van der Waals surface area contributed by atoms with Crippen LogP contribution in [-0.2, 0) is 9.47 Å². The first-order valence-electron chi connectivity index (χ1n) is 7.61. The molecule has 1 aromatic carbocycles. The van der Waals surface area contributed by atoms with E-state index in [4.69, 9.17) is 9.47 Å². The molecule has 0 saturated heterocycles. The van der Waals surface area contributed by atoms with E-state index in [1.165, 1.54) is 18.2 Å². The largest absolute Gasteiger partial charge is 0.444 e. The number of nitrogens with one attached hydrogen (secondary N) is 2. The van der Waals surface area contributed by atoms with Crippen LogP contribution in [0.4, 0.5) is 20.6 Å². The van der Waals surface area contributed by atoms with E-state index < -0.39 is 11.7 Å². The zero-order chi connectivity index (χ0) is 17.7. The first-order valence-corrected chi connectivity index (χ1v) is 7.61. The number of halogens is 1. The normalized spacial score (nSPS) is 12.0. The Bertz CT molecular complexity index is 539. The van der Waals surface area contributed by atoms with Crippen LogP contribution in [-0.4, -0.2) is 30.9 Å². The third-order valence-electron chi connectivity index (χ3n) is 3.21. The summed E-state index contributed by atoms with van der Waals surface area (Å²) in [5, 5.41) is 5.76. The summed E-state index contributed by atoms with van der Waals surface area (Å²) >= 11 is 0. The lowest BCUT2D eigenvalue weighted by atomic mass is 10.1. The third-order valence-corrected chi connectivity index (χ3v) is 3.21. The number of anilines is 2. The van der Waals surface area contributed by atoms with Crippen molar-refractivity contribution in [2.75, 3.05) is 24.3 Å². The molecule has 0 bridgehead atoms. The lowest BCUT2D eigenvalue weighted by Gasteiger charge is -2.24. The molecule has 0 spiro atoms. The molecular weight excluding hydrogens is 299 g/mol. The predicted octanol–water partition coefficient (Wildman–Crippen LogP) is 4.40. The lowest BCUT2D eigenvalue weighted by Crippen LogP contribution is -2.28. The maximum atomic E-state index is 13.5. The van der Waals surface area contributed by atoms with Crippen LogP contribution >= 0.6 is 0 Å². The summed E-state index contributed by atoms with van der Waals surface area (Å²) in [5.41, 5.74) is 0.0952. The molecule has 2 N–H and O–H groups in total. The highest BCUT2D eigenvalue weighted by atomic mass is 19.1. The molecule has 0 fully saturated rings. The van der Waals surface area contributed by atoms with Crippen molar-refractivity contribution >= 4 is 17.5 Å². The number of carbonyl (C=O) groups excluding carboxylic acids is 1. The highest BCUT2D eigenvalue weighted by Gasteiger charge is 2.18. The first kappa shape index (κ1) is 19.2. The van der Waals surface area contributed by atoms with Gasteiger partial charge in [0.05, 0.1) is 17.0 Å². The molecule has 5 nitrogen and oxygen atoms in total. The Labute approximate surface area is 137 Å². The van der Waals surface area contributed by atoms with Gasteiger partial charge in [0.25, 0.3) is 0 Å². The van der Waals surface area contributed by atoms with E-state index in [0.717, 1.165) is 6.42 Å². The van der Waals surface area contributed by atoms with E-state index >= 15 is 0 Å². The number of amides is 1. The molecule has 0 aromatic heterocycles. The van der Waals surface area contributed by atoms with Gasteiger partial charge in [-0.15, -0.1) is 0 Å². The van der Waals surface area contributed by atoms with Crippen molar-refractivity contribution < 1.29 is 18.7 Å². The molecule has 0 radical (unpaired) electrons. The van der Waals surface area contributed by atoms with Crippen molar-refractivity contribution in [3.05, 3.63) is 24.0 Å². The van der Waals surface area contributed by atoms with Crippen molar-refractivity contribution in [1.82, 2.24) is 0 Å². The van der Waals surface area contributed by atoms with Crippen molar-refractivity contribution in [3.8, 4) is 0 Å². The van der Waals surface area contributed by atoms with Gasteiger partial charge < -0.3 is 14.8 Å². The second kappa shape index (κ2) is 7.64. The van der Waals surface area contributed by atoms with E-state index in [1.807, 2.05) is 13.8 Å². The summed E-state index contributed by atoms with van der Waals surface area (Å²) in [6, 6.07) is 4.13. The van der Waals surface area contributed by atoms with E-state index in [9.17, 15) is 9.18 Å². The zero-order valence-electron chi connectivity index (χ0n) is 14.7. The summed E-state index contributed by atoms with van der Waals surface area (Å²) in [7, 11) is 1.65. The topological polar surface area (TPSA) is 59.6 Å². The van der Waals surface area contributed by atoms with Gasteiger partial charge >= 0.3 is 6.09 Å². The van der Waals surface area contributed by atoms with Gasteiger partial charge in [0.1, 0.15) is 11.4 Å². The van der Waals surface area contributed by atoms with Crippen LogP contribution in [0.15, 0.2) is 18.2 Å². The van der Waals surface area contributed by atoms with Gasteiger partial charge in [-0.25, -0.2) is 9.18 Å². The van der Waals surface area contributed by atoms with Crippen molar-refractivity contribution in [1.29, 1.82) is 0 Å². The molecule has 1 rings (SSSR count). The Morgan fingerprint density at radius 1 is 1.17 bits per heavy atom. The third kappa shape index (κ3) is 7.32. The summed E-state index contributed by atoms with van der Waals surface area (Å²) in [5.74, 6) is -0.381. The molecule has 1 aromatic rings. The molecule has 130 valence electrons. The average molecular weight is 326 g/mol. The second-order valence-electron chi connectivity index (χ2n) is 6.96. The maximum Gasteiger partial charge on any atom is 0.412 e. The van der Waals surface area contributed by atoms with Crippen LogP contribution < -0.4 is 10.6 Å². The molecule has 0 aliphatic heterocycles. The average Bonchev–Trinajstić information content (AvgIpc) is 2.39. The minimum atomic E-state index is -0.597.